The number of para-hydroxylation sites is 1. The number of nitrogens with one attached hydrogen (secondary N) is 2. The van der Waals surface area contributed by atoms with Gasteiger partial charge >= 0.3 is 0 Å². The van der Waals surface area contributed by atoms with E-state index in [9.17, 15) is 9.59 Å². The van der Waals surface area contributed by atoms with E-state index < -0.39 is 0 Å². The van der Waals surface area contributed by atoms with Crippen LogP contribution in [-0.2, 0) is 16.0 Å². The zero-order valence-electron chi connectivity index (χ0n) is 14.9. The molecule has 7 heteroatoms. The Bertz CT molecular complexity index is 912. The minimum atomic E-state index is -0.198. The van der Waals surface area contributed by atoms with E-state index >= 15 is 0 Å². The first-order valence-electron chi connectivity index (χ1n) is 8.56. The quantitative estimate of drug-likeness (QED) is 0.682. The SMILES string of the molecule is CC(=O)N(CCC(=O)Nc1cc(C)on1)CCc1c[nH]c2ccccc12. The molecule has 0 saturated carbocycles. The highest BCUT2D eigenvalue weighted by atomic mass is 16.5. The van der Waals surface area contributed by atoms with Gasteiger partial charge in [-0.05, 0) is 25.0 Å². The number of amides is 2. The molecule has 3 aromatic rings. The van der Waals surface area contributed by atoms with E-state index in [-0.39, 0.29) is 18.2 Å². The molecule has 0 spiro atoms. The number of fused-ring (bicyclic) bond motifs is 1. The Labute approximate surface area is 151 Å². The minimum absolute atomic E-state index is 0.0464. The molecule has 2 amide bonds. The van der Waals surface area contributed by atoms with Gasteiger partial charge < -0.3 is 19.7 Å². The predicted octanol–water partition coefficient (Wildman–Crippen LogP) is 2.88. The Morgan fingerprint density at radius 3 is 2.81 bits per heavy atom. The minimum Gasteiger partial charge on any atom is -0.361 e. The van der Waals surface area contributed by atoms with Crippen molar-refractivity contribution in [3.63, 3.8) is 0 Å². The fourth-order valence-corrected chi connectivity index (χ4v) is 2.89. The number of hydrogen-bond acceptors (Lipinski definition) is 4. The summed E-state index contributed by atoms with van der Waals surface area (Å²) in [5, 5.41) is 7.55. The lowest BCUT2D eigenvalue weighted by atomic mass is 10.1. The molecule has 2 heterocycles. The Morgan fingerprint density at radius 2 is 2.08 bits per heavy atom. The summed E-state index contributed by atoms with van der Waals surface area (Å²) in [5.41, 5.74) is 2.24. The van der Waals surface area contributed by atoms with Gasteiger partial charge in [-0.15, -0.1) is 0 Å². The number of hydrogen-bond donors (Lipinski definition) is 2. The van der Waals surface area contributed by atoms with Crippen molar-refractivity contribution in [2.45, 2.75) is 26.7 Å². The highest BCUT2D eigenvalue weighted by Gasteiger charge is 2.13. The second kappa shape index (κ2) is 7.86. The highest BCUT2D eigenvalue weighted by molar-refractivity contribution is 5.90. The number of nitrogens with zero attached hydrogens (tertiary/aromatic N) is 2. The molecule has 7 nitrogen and oxygen atoms in total. The normalized spacial score (nSPS) is 10.8. The van der Waals surface area contributed by atoms with Crippen LogP contribution in [0, 0.1) is 6.92 Å². The average Bonchev–Trinajstić information content (AvgIpc) is 3.21. The molecule has 0 unspecified atom stereocenters. The Morgan fingerprint density at radius 1 is 1.27 bits per heavy atom. The van der Waals surface area contributed by atoms with Crippen molar-refractivity contribution >= 4 is 28.5 Å². The molecular formula is C19H22N4O3. The lowest BCUT2D eigenvalue weighted by molar-refractivity contribution is -0.129. The van der Waals surface area contributed by atoms with Gasteiger partial charge in [0.2, 0.25) is 11.8 Å². The lowest BCUT2D eigenvalue weighted by Gasteiger charge is -2.20. The second-order valence-corrected chi connectivity index (χ2v) is 6.24. The van der Waals surface area contributed by atoms with E-state index in [1.165, 1.54) is 6.92 Å². The molecule has 0 saturated heterocycles. The Balaban J connectivity index is 1.54. The van der Waals surface area contributed by atoms with Gasteiger partial charge in [-0.3, -0.25) is 9.59 Å². The first-order valence-corrected chi connectivity index (χ1v) is 8.56. The maximum Gasteiger partial charge on any atom is 0.227 e. The molecule has 136 valence electrons. The Kier molecular flexibility index (Phi) is 5.36. The van der Waals surface area contributed by atoms with Gasteiger partial charge in [0.05, 0.1) is 0 Å². The van der Waals surface area contributed by atoms with Gasteiger partial charge in [0.25, 0.3) is 0 Å². The van der Waals surface area contributed by atoms with E-state index in [0.29, 0.717) is 24.7 Å². The first-order chi connectivity index (χ1) is 12.5. The molecule has 26 heavy (non-hydrogen) atoms. The number of carbonyl (C=O) groups is 2. The molecule has 0 aliphatic heterocycles. The van der Waals surface area contributed by atoms with Gasteiger partial charge in [-0.2, -0.15) is 0 Å². The van der Waals surface area contributed by atoms with E-state index in [4.69, 9.17) is 4.52 Å². The van der Waals surface area contributed by atoms with E-state index in [2.05, 4.69) is 21.5 Å². The third-order valence-corrected chi connectivity index (χ3v) is 4.28. The van der Waals surface area contributed by atoms with Gasteiger partial charge in [-0.1, -0.05) is 23.4 Å². The molecule has 1 aromatic carbocycles. The molecule has 0 atom stereocenters. The topological polar surface area (TPSA) is 91.2 Å². The molecule has 0 fully saturated rings. The molecule has 3 rings (SSSR count). The van der Waals surface area contributed by atoms with Gasteiger partial charge in [0.1, 0.15) is 5.76 Å². The number of aryl methyl sites for hydroxylation is 1. The summed E-state index contributed by atoms with van der Waals surface area (Å²) in [7, 11) is 0. The summed E-state index contributed by atoms with van der Waals surface area (Å²) in [5.74, 6) is 0.775. The number of aromatic nitrogens is 2. The van der Waals surface area contributed by atoms with E-state index in [1.807, 2.05) is 24.4 Å². The summed E-state index contributed by atoms with van der Waals surface area (Å²) in [6.07, 6.45) is 2.91. The predicted molar refractivity (Wildman–Crippen MR) is 98.7 cm³/mol. The van der Waals surface area contributed by atoms with Crippen LogP contribution in [0.3, 0.4) is 0 Å². The van der Waals surface area contributed by atoms with Crippen LogP contribution >= 0.6 is 0 Å². The van der Waals surface area contributed by atoms with Crippen LogP contribution in [0.25, 0.3) is 10.9 Å². The van der Waals surface area contributed by atoms with Crippen LogP contribution in [0.2, 0.25) is 0 Å². The third-order valence-electron chi connectivity index (χ3n) is 4.28. The van der Waals surface area contributed by atoms with Crippen LogP contribution in [0.5, 0.6) is 0 Å². The molecule has 2 N–H and O–H groups in total. The van der Waals surface area contributed by atoms with Crippen molar-refractivity contribution in [3.8, 4) is 0 Å². The highest BCUT2D eigenvalue weighted by Crippen LogP contribution is 2.18. The van der Waals surface area contributed by atoms with Crippen molar-refractivity contribution < 1.29 is 14.1 Å². The number of benzene rings is 1. The summed E-state index contributed by atoms with van der Waals surface area (Å²) >= 11 is 0. The summed E-state index contributed by atoms with van der Waals surface area (Å²) in [4.78, 5) is 28.8. The smallest absolute Gasteiger partial charge is 0.227 e. The van der Waals surface area contributed by atoms with Gasteiger partial charge in [0, 0.05) is 49.6 Å². The zero-order chi connectivity index (χ0) is 18.5. The molecule has 0 aliphatic rings. The van der Waals surface area contributed by atoms with Crippen LogP contribution in [0.4, 0.5) is 5.82 Å². The van der Waals surface area contributed by atoms with Crippen LogP contribution in [0.15, 0.2) is 41.1 Å². The second-order valence-electron chi connectivity index (χ2n) is 6.24. The largest absolute Gasteiger partial charge is 0.361 e. The average molecular weight is 354 g/mol. The number of rotatable bonds is 7. The molecule has 2 aromatic heterocycles. The first kappa shape index (κ1) is 17.7. The summed E-state index contributed by atoms with van der Waals surface area (Å²) in [6.45, 7) is 4.20. The van der Waals surface area contributed by atoms with E-state index in [0.717, 1.165) is 22.9 Å². The van der Waals surface area contributed by atoms with E-state index in [1.54, 1.807) is 17.9 Å². The molecule has 0 radical (unpaired) electrons. The zero-order valence-corrected chi connectivity index (χ0v) is 14.9. The van der Waals surface area contributed by atoms with Crippen molar-refractivity contribution in [1.29, 1.82) is 0 Å². The van der Waals surface area contributed by atoms with Crippen molar-refractivity contribution in [3.05, 3.63) is 47.9 Å². The fraction of sp³-hybridized carbons (Fsp3) is 0.316. The number of H-pyrrole nitrogens is 1. The monoisotopic (exact) mass is 354 g/mol. The maximum absolute atomic E-state index is 12.0. The van der Waals surface area contributed by atoms with Crippen molar-refractivity contribution in [1.82, 2.24) is 15.0 Å². The van der Waals surface area contributed by atoms with Crippen LogP contribution < -0.4 is 5.32 Å². The fourth-order valence-electron chi connectivity index (χ4n) is 2.89. The number of carbonyl (C=O) groups excluding carboxylic acids is 2. The van der Waals surface area contributed by atoms with Crippen molar-refractivity contribution in [2.24, 2.45) is 0 Å². The summed E-state index contributed by atoms with van der Waals surface area (Å²) < 4.78 is 4.91. The number of aromatic amines is 1. The van der Waals surface area contributed by atoms with Crippen LogP contribution in [-0.4, -0.2) is 39.9 Å². The van der Waals surface area contributed by atoms with Crippen molar-refractivity contribution in [2.75, 3.05) is 18.4 Å². The Hall–Kier alpha value is -3.09. The number of anilines is 1. The van der Waals surface area contributed by atoms with Gasteiger partial charge in [0.15, 0.2) is 5.82 Å². The van der Waals surface area contributed by atoms with Crippen LogP contribution in [0.1, 0.15) is 24.7 Å². The maximum atomic E-state index is 12.0. The molecular weight excluding hydrogens is 332 g/mol. The molecule has 0 aliphatic carbocycles. The summed E-state index contributed by atoms with van der Waals surface area (Å²) in [6, 6.07) is 9.72. The standard InChI is InChI=1S/C19H22N4O3/c1-13-11-18(22-26-13)21-19(25)8-10-23(14(2)24)9-7-15-12-20-17-6-4-3-5-16(15)17/h3-6,11-12,20H,7-10H2,1-2H3,(H,21,22,25). The third kappa shape index (κ3) is 4.30. The van der Waals surface area contributed by atoms with Gasteiger partial charge in [-0.25, -0.2) is 0 Å². The lowest BCUT2D eigenvalue weighted by Crippen LogP contribution is -2.33. The molecule has 0 bridgehead atoms.